The molecule has 1 heterocycles. The molecule has 28 heavy (non-hydrogen) atoms. The highest BCUT2D eigenvalue weighted by Gasteiger charge is 2.21. The summed E-state index contributed by atoms with van der Waals surface area (Å²) >= 11 is 11.9. The van der Waals surface area contributed by atoms with Crippen molar-refractivity contribution >= 4 is 40.8 Å². The Hall–Kier alpha value is -2.83. The van der Waals surface area contributed by atoms with Gasteiger partial charge < -0.3 is 10.1 Å². The second-order valence-corrected chi connectivity index (χ2v) is 6.89. The molecule has 0 saturated heterocycles. The van der Waals surface area contributed by atoms with E-state index in [0.717, 1.165) is 5.69 Å². The van der Waals surface area contributed by atoms with E-state index in [1.807, 2.05) is 30.3 Å². The lowest BCUT2D eigenvalue weighted by molar-refractivity contribution is -0.119. The number of carbonyl (C=O) groups is 2. The van der Waals surface area contributed by atoms with Crippen molar-refractivity contribution in [2.75, 3.05) is 11.9 Å². The number of aromatic nitrogens is 2. The SMILES string of the molecule is Cc1nn(-c2ccccc2)c(C)c1C(=O)OCC(=O)Nc1cc(Cl)ccc1Cl. The monoisotopic (exact) mass is 417 g/mol. The lowest BCUT2D eigenvalue weighted by atomic mass is 10.2. The van der Waals surface area contributed by atoms with Crippen molar-refractivity contribution in [2.45, 2.75) is 13.8 Å². The number of hydrogen-bond acceptors (Lipinski definition) is 4. The quantitative estimate of drug-likeness (QED) is 0.615. The van der Waals surface area contributed by atoms with Gasteiger partial charge in [0.1, 0.15) is 5.56 Å². The third kappa shape index (κ3) is 4.35. The van der Waals surface area contributed by atoms with Crippen molar-refractivity contribution in [1.29, 1.82) is 0 Å². The normalized spacial score (nSPS) is 10.6. The van der Waals surface area contributed by atoms with Crippen LogP contribution in [0.15, 0.2) is 48.5 Å². The summed E-state index contributed by atoms with van der Waals surface area (Å²) in [5.41, 5.74) is 2.66. The van der Waals surface area contributed by atoms with Gasteiger partial charge in [0.2, 0.25) is 0 Å². The number of esters is 1. The van der Waals surface area contributed by atoms with Gasteiger partial charge in [0, 0.05) is 5.02 Å². The topological polar surface area (TPSA) is 73.2 Å². The summed E-state index contributed by atoms with van der Waals surface area (Å²) in [6.07, 6.45) is 0. The summed E-state index contributed by atoms with van der Waals surface area (Å²) in [7, 11) is 0. The van der Waals surface area contributed by atoms with Crippen molar-refractivity contribution in [3.8, 4) is 5.69 Å². The summed E-state index contributed by atoms with van der Waals surface area (Å²) in [4.78, 5) is 24.6. The fourth-order valence-corrected chi connectivity index (χ4v) is 3.08. The first-order valence-corrected chi connectivity index (χ1v) is 9.16. The molecule has 2 aromatic carbocycles. The van der Waals surface area contributed by atoms with Gasteiger partial charge in [-0.15, -0.1) is 0 Å². The molecule has 0 unspecified atom stereocenters. The number of rotatable bonds is 5. The van der Waals surface area contributed by atoms with Crippen LogP contribution in [0.4, 0.5) is 5.69 Å². The van der Waals surface area contributed by atoms with Gasteiger partial charge >= 0.3 is 5.97 Å². The van der Waals surface area contributed by atoms with Crippen LogP contribution in [-0.2, 0) is 9.53 Å². The van der Waals surface area contributed by atoms with Gasteiger partial charge in [-0.25, -0.2) is 9.48 Å². The van der Waals surface area contributed by atoms with Crippen LogP contribution >= 0.6 is 23.2 Å². The molecule has 0 fully saturated rings. The van der Waals surface area contributed by atoms with Crippen LogP contribution in [0.1, 0.15) is 21.7 Å². The minimum Gasteiger partial charge on any atom is -0.452 e. The maximum atomic E-state index is 12.5. The zero-order valence-corrected chi connectivity index (χ0v) is 16.7. The number of anilines is 1. The van der Waals surface area contributed by atoms with Crippen LogP contribution in [0.5, 0.6) is 0 Å². The van der Waals surface area contributed by atoms with Gasteiger partial charge in [-0.05, 0) is 44.2 Å². The molecule has 0 radical (unpaired) electrons. The van der Waals surface area contributed by atoms with Gasteiger partial charge in [-0.2, -0.15) is 5.10 Å². The fourth-order valence-electron chi connectivity index (χ4n) is 2.74. The van der Waals surface area contributed by atoms with Crippen LogP contribution in [0, 0.1) is 13.8 Å². The Kier molecular flexibility index (Phi) is 6.02. The van der Waals surface area contributed by atoms with Gasteiger partial charge in [0.25, 0.3) is 5.91 Å². The summed E-state index contributed by atoms with van der Waals surface area (Å²) < 4.78 is 6.83. The fraction of sp³-hybridized carbons (Fsp3) is 0.150. The number of ether oxygens (including phenoxy) is 1. The van der Waals surface area contributed by atoms with Crippen LogP contribution in [0.25, 0.3) is 5.69 Å². The van der Waals surface area contributed by atoms with Gasteiger partial charge in [0.05, 0.1) is 27.8 Å². The molecule has 0 saturated carbocycles. The highest BCUT2D eigenvalue weighted by atomic mass is 35.5. The number of carbonyl (C=O) groups excluding carboxylic acids is 2. The van der Waals surface area contributed by atoms with E-state index in [1.165, 1.54) is 6.07 Å². The first-order valence-electron chi connectivity index (χ1n) is 8.40. The zero-order chi connectivity index (χ0) is 20.3. The van der Waals surface area contributed by atoms with Crippen molar-refractivity contribution in [1.82, 2.24) is 9.78 Å². The number of halogens is 2. The van der Waals surface area contributed by atoms with E-state index in [1.54, 1.807) is 30.7 Å². The Bertz CT molecular complexity index is 1030. The Morgan fingerprint density at radius 3 is 2.54 bits per heavy atom. The van der Waals surface area contributed by atoms with E-state index < -0.39 is 18.5 Å². The van der Waals surface area contributed by atoms with E-state index >= 15 is 0 Å². The van der Waals surface area contributed by atoms with Crippen LogP contribution in [0.3, 0.4) is 0 Å². The molecule has 6 nitrogen and oxygen atoms in total. The van der Waals surface area contributed by atoms with Crippen LogP contribution in [-0.4, -0.2) is 28.3 Å². The molecule has 3 aromatic rings. The molecule has 1 aromatic heterocycles. The number of para-hydroxylation sites is 1. The molecule has 144 valence electrons. The molecular formula is C20H17Cl2N3O3. The highest BCUT2D eigenvalue weighted by Crippen LogP contribution is 2.25. The van der Waals surface area contributed by atoms with Crippen molar-refractivity contribution in [2.24, 2.45) is 0 Å². The molecule has 0 atom stereocenters. The number of aryl methyl sites for hydroxylation is 1. The molecule has 1 amide bonds. The molecule has 8 heteroatoms. The van der Waals surface area contributed by atoms with Crippen molar-refractivity contribution < 1.29 is 14.3 Å². The lowest BCUT2D eigenvalue weighted by Gasteiger charge is -2.09. The summed E-state index contributed by atoms with van der Waals surface area (Å²) in [5.74, 6) is -1.15. The van der Waals surface area contributed by atoms with E-state index in [-0.39, 0.29) is 0 Å². The third-order valence-corrected chi connectivity index (χ3v) is 4.60. The summed E-state index contributed by atoms with van der Waals surface area (Å²) in [5, 5.41) is 7.73. The third-order valence-electron chi connectivity index (χ3n) is 4.03. The van der Waals surface area contributed by atoms with E-state index in [4.69, 9.17) is 27.9 Å². The van der Waals surface area contributed by atoms with Gasteiger partial charge in [0.15, 0.2) is 6.61 Å². The minimum atomic E-state index is -0.621. The van der Waals surface area contributed by atoms with Crippen molar-refractivity contribution in [3.05, 3.63) is 75.5 Å². The number of nitrogens with one attached hydrogen (secondary N) is 1. The Labute approximate surface area is 172 Å². The second-order valence-electron chi connectivity index (χ2n) is 6.04. The van der Waals surface area contributed by atoms with Gasteiger partial charge in [-0.3, -0.25) is 4.79 Å². The predicted octanol–water partition coefficient (Wildman–Crippen LogP) is 4.59. The Balaban J connectivity index is 1.69. The van der Waals surface area contributed by atoms with E-state index in [9.17, 15) is 9.59 Å². The molecule has 0 bridgehead atoms. The molecule has 0 spiro atoms. The zero-order valence-electron chi connectivity index (χ0n) is 15.2. The molecule has 0 aliphatic carbocycles. The first-order chi connectivity index (χ1) is 13.4. The van der Waals surface area contributed by atoms with Gasteiger partial charge in [-0.1, -0.05) is 41.4 Å². The van der Waals surface area contributed by atoms with Crippen LogP contribution in [0.2, 0.25) is 10.0 Å². The van der Waals surface area contributed by atoms with Crippen LogP contribution < -0.4 is 5.32 Å². The highest BCUT2D eigenvalue weighted by molar-refractivity contribution is 6.35. The Morgan fingerprint density at radius 2 is 1.82 bits per heavy atom. The average Bonchev–Trinajstić information content (AvgIpc) is 2.98. The smallest absolute Gasteiger partial charge is 0.342 e. The molecule has 1 N–H and O–H groups in total. The molecule has 3 rings (SSSR count). The number of benzene rings is 2. The maximum Gasteiger partial charge on any atom is 0.342 e. The summed E-state index contributed by atoms with van der Waals surface area (Å²) in [6.45, 7) is 3.03. The van der Waals surface area contributed by atoms with E-state index in [2.05, 4.69) is 10.4 Å². The summed E-state index contributed by atoms with van der Waals surface area (Å²) in [6, 6.07) is 14.1. The number of amides is 1. The number of hydrogen-bond donors (Lipinski definition) is 1. The molecular weight excluding hydrogens is 401 g/mol. The molecule has 0 aliphatic heterocycles. The molecule has 0 aliphatic rings. The maximum absolute atomic E-state index is 12.5. The second kappa shape index (κ2) is 8.46. The first kappa shape index (κ1) is 19.9. The largest absolute Gasteiger partial charge is 0.452 e. The standard InChI is InChI=1S/C20H17Cl2N3O3/c1-12-19(13(2)25(24-12)15-6-4-3-5-7-15)20(27)28-11-18(26)23-17-10-14(21)8-9-16(17)22/h3-10H,11H2,1-2H3,(H,23,26). The lowest BCUT2D eigenvalue weighted by Crippen LogP contribution is -2.21. The minimum absolute atomic E-state index is 0.331. The predicted molar refractivity (Wildman–Crippen MR) is 108 cm³/mol. The Morgan fingerprint density at radius 1 is 1.11 bits per heavy atom. The van der Waals surface area contributed by atoms with Crippen molar-refractivity contribution in [3.63, 3.8) is 0 Å². The average molecular weight is 418 g/mol. The van der Waals surface area contributed by atoms with E-state index in [0.29, 0.717) is 32.7 Å². The number of nitrogens with zero attached hydrogens (tertiary/aromatic N) is 2.